The first kappa shape index (κ1) is 23.3. The number of nitrogens with zero attached hydrogens (tertiary/aromatic N) is 1. The average molecular weight is 505 g/mol. The topological polar surface area (TPSA) is 34.6 Å². The molecule has 0 spiro atoms. The molecule has 0 amide bonds. The van der Waals surface area contributed by atoms with Crippen LogP contribution in [0.3, 0.4) is 0 Å². The molecule has 3 heterocycles. The summed E-state index contributed by atoms with van der Waals surface area (Å²) in [5, 5.41) is 1.22. The van der Waals surface area contributed by atoms with Crippen molar-refractivity contribution in [1.29, 1.82) is 0 Å². The fourth-order valence-corrected chi connectivity index (χ4v) is 6.36. The molecule has 38 heavy (non-hydrogen) atoms. The Hall–Kier alpha value is -3.79. The van der Waals surface area contributed by atoms with E-state index in [4.69, 9.17) is 13.9 Å². The molecule has 1 aromatic carbocycles. The summed E-state index contributed by atoms with van der Waals surface area (Å²) in [5.41, 5.74) is 8.55. The van der Waals surface area contributed by atoms with Crippen LogP contribution in [0.25, 0.3) is 22.7 Å². The minimum Gasteiger partial charge on any atom is -0.488 e. The molecule has 0 radical (unpaired) electrons. The van der Waals surface area contributed by atoms with E-state index < -0.39 is 0 Å². The molecule has 3 aliphatic heterocycles. The Bertz CT molecular complexity index is 1600. The maximum absolute atomic E-state index is 6.73. The largest absolute Gasteiger partial charge is 0.488 e. The molecule has 0 N–H and O–H groups in total. The van der Waals surface area contributed by atoms with Gasteiger partial charge in [0.15, 0.2) is 0 Å². The van der Waals surface area contributed by atoms with E-state index in [0.717, 1.165) is 91.5 Å². The van der Waals surface area contributed by atoms with Gasteiger partial charge in [-0.15, -0.1) is 0 Å². The van der Waals surface area contributed by atoms with E-state index in [-0.39, 0.29) is 0 Å². The molecule has 4 nitrogen and oxygen atoms in total. The molecule has 0 atom stereocenters. The van der Waals surface area contributed by atoms with E-state index in [9.17, 15) is 0 Å². The lowest BCUT2D eigenvalue weighted by molar-refractivity contribution is 0.311. The molecule has 4 heteroatoms. The lowest BCUT2D eigenvalue weighted by Crippen LogP contribution is -2.29. The lowest BCUT2D eigenvalue weighted by atomic mass is 9.85. The van der Waals surface area contributed by atoms with Crippen LogP contribution in [0, 0.1) is 0 Å². The number of rotatable bonds is 3. The fraction of sp³-hybridized carbons (Fsp3) is 0.324. The summed E-state index contributed by atoms with van der Waals surface area (Å²) in [6, 6.07) is 17.2. The summed E-state index contributed by atoms with van der Waals surface area (Å²) in [6.07, 6.45) is 11.1. The number of hydrogen-bond donors (Lipinski definition) is 0. The van der Waals surface area contributed by atoms with E-state index >= 15 is 0 Å². The quantitative estimate of drug-likeness (QED) is 0.356. The summed E-state index contributed by atoms with van der Waals surface area (Å²) in [7, 11) is 0. The minimum atomic E-state index is 0.564. The second-order valence-corrected chi connectivity index (χ2v) is 10.6. The van der Waals surface area contributed by atoms with E-state index in [1.54, 1.807) is 0 Å². The average Bonchev–Trinajstić information content (AvgIpc) is 2.96. The highest BCUT2D eigenvalue weighted by Crippen LogP contribution is 2.45. The van der Waals surface area contributed by atoms with E-state index in [1.807, 2.05) is 12.1 Å². The molecule has 7 rings (SSSR count). The zero-order valence-electron chi connectivity index (χ0n) is 22.3. The van der Waals surface area contributed by atoms with Gasteiger partial charge in [-0.1, -0.05) is 12.1 Å². The van der Waals surface area contributed by atoms with Crippen LogP contribution >= 0.6 is 0 Å². The van der Waals surface area contributed by atoms with Gasteiger partial charge >= 0.3 is 0 Å². The fourth-order valence-electron chi connectivity index (χ4n) is 6.36. The Morgan fingerprint density at radius 1 is 0.895 bits per heavy atom. The van der Waals surface area contributed by atoms with Crippen molar-refractivity contribution < 1.29 is 13.9 Å². The van der Waals surface area contributed by atoms with Gasteiger partial charge in [0.05, 0.1) is 11.6 Å². The highest BCUT2D eigenvalue weighted by atomic mass is 16.5. The number of ether oxygens (including phenoxy) is 2. The van der Waals surface area contributed by atoms with Gasteiger partial charge in [0.1, 0.15) is 48.5 Å². The number of benzene rings is 2. The normalized spacial score (nSPS) is 19.2. The number of aryl methyl sites for hydroxylation is 1. The molecular formula is C34H34NO3+. The smallest absolute Gasteiger partial charge is 0.203 e. The number of hydrogen-bond acceptors (Lipinski definition) is 3. The Labute approximate surface area is 224 Å². The van der Waals surface area contributed by atoms with Gasteiger partial charge in [0.25, 0.3) is 0 Å². The molecule has 6 aliphatic rings. The highest BCUT2D eigenvalue weighted by molar-refractivity contribution is 5.77. The molecule has 0 fully saturated rings. The second kappa shape index (κ2) is 9.50. The first-order valence-corrected chi connectivity index (χ1v) is 14.1. The Balaban J connectivity index is 1.32. The van der Waals surface area contributed by atoms with E-state index in [0.29, 0.717) is 6.61 Å². The van der Waals surface area contributed by atoms with Crippen molar-refractivity contribution in [2.45, 2.75) is 52.4 Å². The molecule has 0 unspecified atom stereocenters. The lowest BCUT2D eigenvalue weighted by Gasteiger charge is -2.31. The standard InChI is InChI=1S/C34H34NO3/c1-3-35(4-2)28-16-15-22-17-23-9-7-10-24(32(23)37-31(22)20-28)18-25-11-8-12-26-19-27-21-36-30-14-6-5-13-29(30)34(27)38-33(25)26/h5-6,13-20H,3-4,7-12,21H2,1-2H3/q+1. The van der Waals surface area contributed by atoms with Crippen LogP contribution in [0.4, 0.5) is 0 Å². The zero-order chi connectivity index (χ0) is 25.6. The van der Waals surface area contributed by atoms with E-state index in [2.05, 4.69) is 67.0 Å². The summed E-state index contributed by atoms with van der Waals surface area (Å²) in [6.45, 7) is 6.94. The van der Waals surface area contributed by atoms with Gasteiger partial charge in [0.2, 0.25) is 5.36 Å². The van der Waals surface area contributed by atoms with Gasteiger partial charge in [0, 0.05) is 17.2 Å². The molecule has 192 valence electrons. The molecule has 0 saturated carbocycles. The monoisotopic (exact) mass is 504 g/mol. The number of allylic oxidation sites excluding steroid dienone is 4. The van der Waals surface area contributed by atoms with Crippen molar-refractivity contribution in [3.05, 3.63) is 105 Å². The molecular weight excluding hydrogens is 470 g/mol. The van der Waals surface area contributed by atoms with E-state index in [1.165, 1.54) is 33.2 Å². The molecule has 0 aromatic heterocycles. The van der Waals surface area contributed by atoms with Gasteiger partial charge in [-0.05, 0) is 111 Å². The first-order valence-electron chi connectivity index (χ1n) is 14.1. The molecule has 0 bridgehead atoms. The van der Waals surface area contributed by atoms with Crippen molar-refractivity contribution >= 4 is 11.3 Å². The molecule has 1 aromatic rings. The zero-order valence-corrected chi connectivity index (χ0v) is 22.3. The summed E-state index contributed by atoms with van der Waals surface area (Å²) < 4.78 is 21.8. The highest BCUT2D eigenvalue weighted by Gasteiger charge is 2.30. The maximum atomic E-state index is 6.73. The molecule has 3 aliphatic carbocycles. The number of para-hydroxylation sites is 1. The third kappa shape index (κ3) is 3.94. The SMILES string of the molecule is CC[N+](CC)=c1ccc2cc3c(oc-2c1)C(=CC1=C2OC4=C(C=C2CCC1)COc1ccccc14)CCC3. The summed E-state index contributed by atoms with van der Waals surface area (Å²) >= 11 is 0. The Morgan fingerprint density at radius 2 is 1.76 bits per heavy atom. The van der Waals surface area contributed by atoms with Crippen LogP contribution in [0.15, 0.2) is 87.6 Å². The predicted molar refractivity (Wildman–Crippen MR) is 151 cm³/mol. The predicted octanol–water partition coefficient (Wildman–Crippen LogP) is 7.11. The summed E-state index contributed by atoms with van der Waals surface area (Å²) in [4.78, 5) is 0. The molecule has 0 saturated heterocycles. The Kier molecular flexibility index (Phi) is 5.84. The van der Waals surface area contributed by atoms with Gasteiger partial charge in [-0.2, -0.15) is 0 Å². The van der Waals surface area contributed by atoms with Crippen LogP contribution in [0.5, 0.6) is 5.75 Å². The van der Waals surface area contributed by atoms with Gasteiger partial charge < -0.3 is 13.9 Å². The minimum absolute atomic E-state index is 0.564. The number of fused-ring (bicyclic) bond motifs is 5. The Morgan fingerprint density at radius 3 is 2.66 bits per heavy atom. The third-order valence-corrected chi connectivity index (χ3v) is 8.33. The van der Waals surface area contributed by atoms with Gasteiger partial charge in [-0.25, -0.2) is 4.58 Å². The van der Waals surface area contributed by atoms with Crippen LogP contribution in [0.1, 0.15) is 62.8 Å². The third-order valence-electron chi connectivity index (χ3n) is 8.33. The summed E-state index contributed by atoms with van der Waals surface area (Å²) in [5.74, 6) is 4.90. The maximum Gasteiger partial charge on any atom is 0.203 e. The second-order valence-electron chi connectivity index (χ2n) is 10.6. The van der Waals surface area contributed by atoms with Crippen molar-refractivity contribution in [1.82, 2.24) is 4.58 Å². The van der Waals surface area contributed by atoms with Crippen molar-refractivity contribution in [2.75, 3.05) is 19.7 Å². The van der Waals surface area contributed by atoms with Gasteiger partial charge in [-0.3, -0.25) is 0 Å². The van der Waals surface area contributed by atoms with Crippen LogP contribution < -0.4 is 14.7 Å². The van der Waals surface area contributed by atoms with Crippen molar-refractivity contribution in [2.24, 2.45) is 0 Å². The first-order chi connectivity index (χ1) is 18.7. The van der Waals surface area contributed by atoms with Crippen molar-refractivity contribution in [3.8, 4) is 17.1 Å². The van der Waals surface area contributed by atoms with Crippen molar-refractivity contribution in [3.63, 3.8) is 0 Å². The van der Waals surface area contributed by atoms with Crippen LogP contribution in [0.2, 0.25) is 0 Å². The van der Waals surface area contributed by atoms with Crippen LogP contribution in [-0.4, -0.2) is 19.7 Å². The van der Waals surface area contributed by atoms with Crippen LogP contribution in [-0.2, 0) is 11.2 Å².